The highest BCUT2D eigenvalue weighted by atomic mass is 16.5. The maximum Gasteiger partial charge on any atom is 0.246 e. The van der Waals surface area contributed by atoms with Crippen LogP contribution in [0.4, 0.5) is 5.69 Å². The first-order valence-electron chi connectivity index (χ1n) is 15.2. The molecule has 3 amide bonds. The summed E-state index contributed by atoms with van der Waals surface area (Å²) in [7, 11) is 0. The molecule has 2 N–H and O–H groups in total. The van der Waals surface area contributed by atoms with E-state index in [2.05, 4.69) is 49.3 Å². The minimum atomic E-state index is -1.14. The van der Waals surface area contributed by atoms with Crippen molar-refractivity contribution >= 4 is 23.4 Å². The van der Waals surface area contributed by atoms with Crippen LogP contribution in [0.15, 0.2) is 30.4 Å². The van der Waals surface area contributed by atoms with Gasteiger partial charge in [-0.2, -0.15) is 0 Å². The van der Waals surface area contributed by atoms with Crippen molar-refractivity contribution < 1.29 is 19.1 Å². The third-order valence-corrected chi connectivity index (χ3v) is 10.0. The second kappa shape index (κ2) is 11.3. The molecule has 218 valence electrons. The van der Waals surface area contributed by atoms with Crippen molar-refractivity contribution in [2.45, 2.75) is 84.6 Å². The lowest BCUT2D eigenvalue weighted by Crippen LogP contribution is -2.58. The van der Waals surface area contributed by atoms with Crippen LogP contribution in [-0.4, -0.2) is 77.5 Å². The van der Waals surface area contributed by atoms with E-state index in [9.17, 15) is 14.4 Å². The highest BCUT2D eigenvalue weighted by Crippen LogP contribution is 2.55. The van der Waals surface area contributed by atoms with Gasteiger partial charge in [0, 0.05) is 24.8 Å². The number of rotatable bonds is 9. The molecule has 0 aromatic heterocycles. The minimum absolute atomic E-state index is 0.0673. The number of carbonyl (C=O) groups is 3. The van der Waals surface area contributed by atoms with Crippen LogP contribution < -0.4 is 10.6 Å². The topological polar surface area (TPSA) is 91.0 Å². The van der Waals surface area contributed by atoms with Crippen molar-refractivity contribution in [2.75, 3.05) is 31.5 Å². The molecule has 2 bridgehead atoms. The molecule has 1 spiro atoms. The summed E-state index contributed by atoms with van der Waals surface area (Å²) in [6.07, 6.45) is 6.44. The number of amides is 3. The summed E-state index contributed by atoms with van der Waals surface area (Å²) in [5.41, 5.74) is 1.68. The molecule has 1 aromatic rings. The summed E-state index contributed by atoms with van der Waals surface area (Å²) in [4.78, 5) is 46.0. The van der Waals surface area contributed by atoms with Crippen LogP contribution in [0.1, 0.15) is 58.1 Å². The standard InChI is InChI=1S/C32H46N4O4/c1-7-35(8-2)14-15-36-28(30(38)34-24-11-9-10-21(5)22(24)6)32-13-12-25(40-32)26(27(32)31(36)39)29(37)33-23-17-19(3)16-20(4)18-23/h12-13,16-18,21-22,24-28H,7-11,14-15H2,1-6H3,(H,33,37)(H,34,38)/t21?,22?,24?,25-,26?,27-,28?,32?/m0/s1. The van der Waals surface area contributed by atoms with Crippen LogP contribution in [0.5, 0.6) is 0 Å². The number of likely N-dealkylation sites (N-methyl/N-ethyl adjacent to an activating group) is 1. The van der Waals surface area contributed by atoms with Crippen LogP contribution in [0.2, 0.25) is 0 Å². The van der Waals surface area contributed by atoms with Gasteiger partial charge >= 0.3 is 0 Å². The largest absolute Gasteiger partial charge is 0.359 e. The Morgan fingerprint density at radius 3 is 2.45 bits per heavy atom. The number of carbonyl (C=O) groups excluding carboxylic acids is 3. The Hall–Kier alpha value is -2.71. The molecular weight excluding hydrogens is 504 g/mol. The molecule has 6 unspecified atom stereocenters. The van der Waals surface area contributed by atoms with Gasteiger partial charge in [0.05, 0.1) is 17.9 Å². The number of fused-ring (bicyclic) bond motifs is 1. The Morgan fingerprint density at radius 1 is 1.07 bits per heavy atom. The van der Waals surface area contributed by atoms with Gasteiger partial charge in [0.15, 0.2) is 0 Å². The van der Waals surface area contributed by atoms with E-state index in [-0.39, 0.29) is 23.8 Å². The molecule has 5 rings (SSSR count). The number of hydrogen-bond acceptors (Lipinski definition) is 5. The lowest BCUT2D eigenvalue weighted by atomic mass is 9.73. The van der Waals surface area contributed by atoms with Gasteiger partial charge in [0.25, 0.3) is 0 Å². The molecule has 1 aliphatic carbocycles. The van der Waals surface area contributed by atoms with E-state index in [1.165, 1.54) is 6.42 Å². The number of anilines is 1. The van der Waals surface area contributed by atoms with Gasteiger partial charge in [0.2, 0.25) is 17.7 Å². The van der Waals surface area contributed by atoms with Gasteiger partial charge < -0.3 is 25.2 Å². The SMILES string of the molecule is CCN(CC)CCN1C(=O)[C@@H]2C(C(=O)Nc3cc(C)cc(C)c3)[C@@H]3C=CC2(O3)C1C(=O)NC1CCCC(C)C1C. The Morgan fingerprint density at radius 2 is 1.77 bits per heavy atom. The van der Waals surface area contributed by atoms with E-state index < -0.39 is 29.6 Å². The third-order valence-electron chi connectivity index (χ3n) is 10.0. The number of hydrogen-bond donors (Lipinski definition) is 2. The molecule has 3 aliphatic heterocycles. The van der Waals surface area contributed by atoms with Crippen molar-refractivity contribution in [1.82, 2.24) is 15.1 Å². The van der Waals surface area contributed by atoms with E-state index in [4.69, 9.17) is 4.74 Å². The molecule has 8 heteroatoms. The predicted octanol–water partition coefficient (Wildman–Crippen LogP) is 3.68. The second-order valence-corrected chi connectivity index (χ2v) is 12.5. The molecule has 4 aliphatic rings. The van der Waals surface area contributed by atoms with Gasteiger partial charge in [-0.25, -0.2) is 0 Å². The predicted molar refractivity (Wildman–Crippen MR) is 156 cm³/mol. The van der Waals surface area contributed by atoms with E-state index in [0.29, 0.717) is 30.6 Å². The summed E-state index contributed by atoms with van der Waals surface area (Å²) in [6.45, 7) is 15.4. The Kier molecular flexibility index (Phi) is 8.13. The van der Waals surface area contributed by atoms with Crippen LogP contribution in [0.25, 0.3) is 0 Å². The number of ether oxygens (including phenoxy) is 1. The molecule has 40 heavy (non-hydrogen) atoms. The van der Waals surface area contributed by atoms with Crippen LogP contribution in [0, 0.1) is 37.5 Å². The van der Waals surface area contributed by atoms with Crippen LogP contribution in [-0.2, 0) is 19.1 Å². The zero-order valence-corrected chi connectivity index (χ0v) is 24.9. The zero-order chi connectivity index (χ0) is 28.8. The average molecular weight is 551 g/mol. The van der Waals surface area contributed by atoms with Gasteiger partial charge in [-0.15, -0.1) is 0 Å². The number of aryl methyl sites for hydroxylation is 2. The van der Waals surface area contributed by atoms with Crippen LogP contribution in [0.3, 0.4) is 0 Å². The first-order chi connectivity index (χ1) is 19.1. The highest BCUT2D eigenvalue weighted by Gasteiger charge is 2.72. The number of nitrogens with zero attached hydrogens (tertiary/aromatic N) is 2. The summed E-state index contributed by atoms with van der Waals surface area (Å²) in [5, 5.41) is 6.38. The van der Waals surface area contributed by atoms with Crippen molar-refractivity contribution in [3.8, 4) is 0 Å². The Labute approximate surface area is 238 Å². The summed E-state index contributed by atoms with van der Waals surface area (Å²) in [6, 6.07) is 5.18. The molecule has 0 radical (unpaired) electrons. The molecule has 3 heterocycles. The molecule has 8 nitrogen and oxygen atoms in total. The first kappa shape index (κ1) is 28.8. The number of likely N-dealkylation sites (tertiary alicyclic amines) is 1. The van der Waals surface area contributed by atoms with Crippen molar-refractivity contribution in [3.63, 3.8) is 0 Å². The van der Waals surface area contributed by atoms with E-state index >= 15 is 0 Å². The number of benzene rings is 1. The van der Waals surface area contributed by atoms with E-state index in [0.717, 1.165) is 37.1 Å². The fourth-order valence-electron chi connectivity index (χ4n) is 7.62. The van der Waals surface area contributed by atoms with Gasteiger partial charge in [-0.3, -0.25) is 14.4 Å². The summed E-state index contributed by atoms with van der Waals surface area (Å²) < 4.78 is 6.52. The van der Waals surface area contributed by atoms with E-state index in [1.807, 2.05) is 38.1 Å². The Bertz CT molecular complexity index is 1160. The number of nitrogens with one attached hydrogen (secondary N) is 2. The van der Waals surface area contributed by atoms with Gasteiger partial charge in [-0.1, -0.05) is 58.8 Å². The molecule has 1 saturated carbocycles. The van der Waals surface area contributed by atoms with Crippen molar-refractivity contribution in [1.29, 1.82) is 0 Å². The fraction of sp³-hybridized carbons (Fsp3) is 0.656. The van der Waals surface area contributed by atoms with Crippen LogP contribution >= 0.6 is 0 Å². The summed E-state index contributed by atoms with van der Waals surface area (Å²) >= 11 is 0. The quantitative estimate of drug-likeness (QED) is 0.458. The third kappa shape index (κ3) is 4.98. The molecular formula is C32H46N4O4. The lowest BCUT2D eigenvalue weighted by molar-refractivity contribution is -0.141. The minimum Gasteiger partial charge on any atom is -0.359 e. The molecule has 8 atom stereocenters. The smallest absolute Gasteiger partial charge is 0.246 e. The maximum atomic E-state index is 14.2. The summed E-state index contributed by atoms with van der Waals surface area (Å²) in [5.74, 6) is -1.10. The normalized spacial score (nSPS) is 34.4. The molecule has 2 saturated heterocycles. The maximum absolute atomic E-state index is 14.2. The van der Waals surface area contributed by atoms with Gasteiger partial charge in [0.1, 0.15) is 11.6 Å². The van der Waals surface area contributed by atoms with Crippen molar-refractivity contribution in [2.24, 2.45) is 23.7 Å². The highest BCUT2D eigenvalue weighted by molar-refractivity contribution is 6.02. The van der Waals surface area contributed by atoms with E-state index in [1.54, 1.807) is 4.90 Å². The average Bonchev–Trinajstić information content (AvgIpc) is 3.54. The first-order valence-corrected chi connectivity index (χ1v) is 15.2. The zero-order valence-electron chi connectivity index (χ0n) is 24.9. The van der Waals surface area contributed by atoms with Crippen molar-refractivity contribution in [3.05, 3.63) is 41.5 Å². The Balaban J connectivity index is 1.44. The lowest BCUT2D eigenvalue weighted by Gasteiger charge is -2.38. The molecule has 3 fully saturated rings. The molecule has 1 aromatic carbocycles. The monoisotopic (exact) mass is 550 g/mol. The van der Waals surface area contributed by atoms with Gasteiger partial charge in [-0.05, 0) is 68.5 Å². The second-order valence-electron chi connectivity index (χ2n) is 12.5. The fourth-order valence-corrected chi connectivity index (χ4v) is 7.62.